The molecule has 0 aliphatic carbocycles. The van der Waals surface area contributed by atoms with E-state index in [-0.39, 0.29) is 12.2 Å². The fourth-order valence-electron chi connectivity index (χ4n) is 3.90. The zero-order chi connectivity index (χ0) is 22.8. The van der Waals surface area contributed by atoms with E-state index in [9.17, 15) is 14.4 Å². The lowest BCUT2D eigenvalue weighted by Gasteiger charge is -2.17. The second-order valence-electron chi connectivity index (χ2n) is 8.67. The van der Waals surface area contributed by atoms with Gasteiger partial charge in [-0.3, -0.25) is 14.2 Å². The molecule has 0 radical (unpaired) electrons. The topological polar surface area (TPSA) is 77.2 Å². The van der Waals surface area contributed by atoms with Gasteiger partial charge in [0.15, 0.2) is 0 Å². The normalized spacial score (nSPS) is 13.7. The number of aryl methyl sites for hydroxylation is 1. The van der Waals surface area contributed by atoms with Crippen molar-refractivity contribution in [1.29, 1.82) is 0 Å². The Morgan fingerprint density at radius 2 is 1.59 bits per heavy atom. The molecular formula is C25H28N4O3. The van der Waals surface area contributed by atoms with Gasteiger partial charge in [0.1, 0.15) is 0 Å². The molecule has 1 saturated heterocycles. The third-order valence-corrected chi connectivity index (χ3v) is 5.92. The van der Waals surface area contributed by atoms with Crippen molar-refractivity contribution < 1.29 is 4.79 Å². The van der Waals surface area contributed by atoms with E-state index in [1.807, 2.05) is 43.3 Å². The minimum Gasteiger partial charge on any atom is -0.337 e. The summed E-state index contributed by atoms with van der Waals surface area (Å²) in [6.45, 7) is 7.43. The molecule has 1 aromatic heterocycles. The number of hydrogen-bond donors (Lipinski definition) is 0. The number of benzene rings is 2. The number of carbonyl (C=O) groups excluding carboxylic acids is 1. The Morgan fingerprint density at radius 1 is 0.969 bits per heavy atom. The maximum absolute atomic E-state index is 13.3. The average Bonchev–Trinajstić information content (AvgIpc) is 3.33. The van der Waals surface area contributed by atoms with Crippen LogP contribution in [-0.2, 0) is 6.54 Å². The maximum Gasteiger partial charge on any atom is 0.352 e. The van der Waals surface area contributed by atoms with Gasteiger partial charge in [0.25, 0.3) is 11.5 Å². The van der Waals surface area contributed by atoms with E-state index in [0.717, 1.165) is 34.1 Å². The smallest absolute Gasteiger partial charge is 0.337 e. The minimum atomic E-state index is -0.650. The van der Waals surface area contributed by atoms with Crippen LogP contribution in [0.25, 0.3) is 5.69 Å². The van der Waals surface area contributed by atoms with Crippen molar-refractivity contribution in [3.63, 3.8) is 0 Å². The highest BCUT2D eigenvalue weighted by molar-refractivity contribution is 5.92. The summed E-state index contributed by atoms with van der Waals surface area (Å²) in [7, 11) is 0. The summed E-state index contributed by atoms with van der Waals surface area (Å²) in [6, 6.07) is 15.1. The number of carbonyl (C=O) groups is 1. The van der Waals surface area contributed by atoms with Crippen LogP contribution < -0.4 is 11.2 Å². The first kappa shape index (κ1) is 21.7. The molecule has 2 aromatic carbocycles. The fourth-order valence-corrected chi connectivity index (χ4v) is 3.90. The molecule has 3 aromatic rings. The summed E-state index contributed by atoms with van der Waals surface area (Å²) in [4.78, 5) is 41.3. The van der Waals surface area contributed by atoms with E-state index in [4.69, 9.17) is 0 Å². The Labute approximate surface area is 186 Å². The van der Waals surface area contributed by atoms with Crippen LogP contribution in [0.3, 0.4) is 0 Å². The number of hydrogen-bond acceptors (Lipinski definition) is 4. The van der Waals surface area contributed by atoms with Gasteiger partial charge in [0, 0.05) is 13.1 Å². The van der Waals surface area contributed by atoms with Gasteiger partial charge in [0.05, 0.1) is 12.2 Å². The first-order valence-electron chi connectivity index (χ1n) is 11.0. The third-order valence-electron chi connectivity index (χ3n) is 5.92. The van der Waals surface area contributed by atoms with Crippen LogP contribution in [-0.4, -0.2) is 38.2 Å². The van der Waals surface area contributed by atoms with Crippen molar-refractivity contribution in [1.82, 2.24) is 19.2 Å². The van der Waals surface area contributed by atoms with Gasteiger partial charge in [-0.2, -0.15) is 9.78 Å². The summed E-state index contributed by atoms with van der Waals surface area (Å²) < 4.78 is 2.28. The molecule has 1 aliphatic heterocycles. The number of likely N-dealkylation sites (tertiary alicyclic amines) is 1. The highest BCUT2D eigenvalue weighted by atomic mass is 16.2. The zero-order valence-electron chi connectivity index (χ0n) is 18.7. The molecule has 2 heterocycles. The van der Waals surface area contributed by atoms with E-state index in [1.165, 1.54) is 4.68 Å². The molecule has 0 spiro atoms. The molecule has 7 nitrogen and oxygen atoms in total. The highest BCUT2D eigenvalue weighted by Gasteiger charge is 2.26. The van der Waals surface area contributed by atoms with Crippen LogP contribution >= 0.6 is 0 Å². The number of nitrogens with zero attached hydrogens (tertiary/aromatic N) is 4. The summed E-state index contributed by atoms with van der Waals surface area (Å²) >= 11 is 0. The third kappa shape index (κ3) is 4.28. The lowest BCUT2D eigenvalue weighted by atomic mass is 10.0. The standard InChI is InChI=1S/C25H28N4O3/c1-17(2)20-10-12-21(13-11-20)29-25(32)28(16-19-8-6-18(3)7-9-19)24(31)22(26-29)23(30)27-14-4-5-15-27/h6-13,17H,4-5,14-16H2,1-3H3. The molecule has 0 bridgehead atoms. The van der Waals surface area contributed by atoms with Gasteiger partial charge in [-0.25, -0.2) is 4.79 Å². The van der Waals surface area contributed by atoms with Crippen molar-refractivity contribution in [2.24, 2.45) is 0 Å². The largest absolute Gasteiger partial charge is 0.352 e. The number of amides is 1. The summed E-state index contributed by atoms with van der Waals surface area (Å²) in [5.41, 5.74) is 2.11. The Balaban J connectivity index is 1.85. The molecule has 0 atom stereocenters. The van der Waals surface area contributed by atoms with Crippen molar-refractivity contribution >= 4 is 5.91 Å². The van der Waals surface area contributed by atoms with Gasteiger partial charge >= 0.3 is 5.69 Å². The van der Waals surface area contributed by atoms with Crippen LogP contribution in [0.15, 0.2) is 58.1 Å². The SMILES string of the molecule is Cc1ccc(Cn2c(=O)c(C(=O)N3CCCC3)nn(-c3ccc(C(C)C)cc3)c2=O)cc1. The van der Waals surface area contributed by atoms with E-state index < -0.39 is 17.2 Å². The minimum absolute atomic E-state index is 0.0742. The van der Waals surface area contributed by atoms with Gasteiger partial charge < -0.3 is 4.90 Å². The van der Waals surface area contributed by atoms with Crippen LogP contribution in [0.1, 0.15) is 59.8 Å². The number of aromatic nitrogens is 3. The van der Waals surface area contributed by atoms with Crippen LogP contribution in [0.2, 0.25) is 0 Å². The average molecular weight is 433 g/mol. The van der Waals surface area contributed by atoms with Crippen molar-refractivity contribution in [3.8, 4) is 5.69 Å². The lowest BCUT2D eigenvalue weighted by Crippen LogP contribution is -2.46. The fraction of sp³-hybridized carbons (Fsp3) is 0.360. The van der Waals surface area contributed by atoms with Gasteiger partial charge in [0.2, 0.25) is 5.69 Å². The summed E-state index contributed by atoms with van der Waals surface area (Å²) in [5.74, 6) is -0.0748. The van der Waals surface area contributed by atoms with E-state index >= 15 is 0 Å². The van der Waals surface area contributed by atoms with E-state index in [0.29, 0.717) is 24.7 Å². The molecule has 0 unspecified atom stereocenters. The van der Waals surface area contributed by atoms with Crippen molar-refractivity contribution in [2.45, 2.75) is 46.1 Å². The summed E-state index contributed by atoms with van der Waals surface area (Å²) in [5, 5.41) is 4.26. The zero-order valence-corrected chi connectivity index (χ0v) is 18.7. The van der Waals surface area contributed by atoms with E-state index in [2.05, 4.69) is 18.9 Å². The molecule has 1 fully saturated rings. The van der Waals surface area contributed by atoms with Crippen LogP contribution in [0.5, 0.6) is 0 Å². The van der Waals surface area contributed by atoms with Crippen molar-refractivity contribution in [2.75, 3.05) is 13.1 Å². The molecule has 1 amide bonds. The molecule has 7 heteroatoms. The molecule has 0 N–H and O–H groups in total. The Hall–Kier alpha value is -3.48. The first-order valence-corrected chi connectivity index (χ1v) is 11.0. The molecular weight excluding hydrogens is 404 g/mol. The Morgan fingerprint density at radius 3 is 2.19 bits per heavy atom. The lowest BCUT2D eigenvalue weighted by molar-refractivity contribution is 0.0781. The van der Waals surface area contributed by atoms with Crippen LogP contribution in [0, 0.1) is 6.92 Å². The van der Waals surface area contributed by atoms with E-state index in [1.54, 1.807) is 17.0 Å². The quantitative estimate of drug-likeness (QED) is 0.621. The molecule has 0 saturated carbocycles. The van der Waals surface area contributed by atoms with Gasteiger partial charge in [-0.1, -0.05) is 55.8 Å². The second kappa shape index (κ2) is 8.94. The maximum atomic E-state index is 13.3. The highest BCUT2D eigenvalue weighted by Crippen LogP contribution is 2.16. The second-order valence-corrected chi connectivity index (χ2v) is 8.67. The Kier molecular flexibility index (Phi) is 6.08. The predicted octanol–water partition coefficient (Wildman–Crippen LogP) is 3.11. The van der Waals surface area contributed by atoms with Crippen molar-refractivity contribution in [3.05, 3.63) is 91.8 Å². The first-order chi connectivity index (χ1) is 15.3. The predicted molar refractivity (Wildman–Crippen MR) is 124 cm³/mol. The Bertz CT molecular complexity index is 1230. The summed E-state index contributed by atoms with van der Waals surface area (Å²) in [6.07, 6.45) is 1.80. The molecule has 4 rings (SSSR count). The monoisotopic (exact) mass is 432 g/mol. The van der Waals surface area contributed by atoms with Gasteiger partial charge in [-0.05, 0) is 48.9 Å². The molecule has 1 aliphatic rings. The van der Waals surface area contributed by atoms with Crippen LogP contribution in [0.4, 0.5) is 0 Å². The number of rotatable bonds is 5. The molecule has 32 heavy (non-hydrogen) atoms. The molecule has 166 valence electrons. The van der Waals surface area contributed by atoms with Gasteiger partial charge in [-0.15, -0.1) is 0 Å².